The highest BCUT2D eigenvalue weighted by atomic mass is 19.4. The van der Waals surface area contributed by atoms with Crippen molar-refractivity contribution in [2.45, 2.75) is 51.0 Å². The van der Waals surface area contributed by atoms with Crippen molar-refractivity contribution in [3.63, 3.8) is 0 Å². The maximum Gasteiger partial charge on any atom is 0.490 e. The van der Waals surface area contributed by atoms with Crippen LogP contribution in [0.3, 0.4) is 0 Å². The first kappa shape index (κ1) is 22.8. The number of imidazole rings is 1. The predicted molar refractivity (Wildman–Crippen MR) is 103 cm³/mol. The van der Waals surface area contributed by atoms with Crippen molar-refractivity contribution in [1.82, 2.24) is 29.5 Å². The number of carboxylic acids is 1. The van der Waals surface area contributed by atoms with E-state index < -0.39 is 12.1 Å². The van der Waals surface area contributed by atoms with Crippen molar-refractivity contribution in [3.8, 4) is 0 Å². The van der Waals surface area contributed by atoms with Crippen LogP contribution in [0.4, 0.5) is 13.2 Å². The number of hydrogen-bond acceptors (Lipinski definition) is 5. The lowest BCUT2D eigenvalue weighted by atomic mass is 9.85. The van der Waals surface area contributed by atoms with Gasteiger partial charge in [-0.1, -0.05) is 0 Å². The maximum absolute atomic E-state index is 12.8. The second kappa shape index (κ2) is 8.69. The maximum atomic E-state index is 12.8. The molecule has 170 valence electrons. The van der Waals surface area contributed by atoms with E-state index in [0.29, 0.717) is 11.7 Å². The molecule has 2 aromatic rings. The highest BCUT2D eigenvalue weighted by Crippen LogP contribution is 2.36. The molecule has 1 amide bonds. The van der Waals surface area contributed by atoms with E-state index in [9.17, 15) is 18.0 Å². The zero-order valence-corrected chi connectivity index (χ0v) is 17.3. The third-order valence-corrected chi connectivity index (χ3v) is 5.64. The molecule has 2 N–H and O–H groups in total. The second-order valence-electron chi connectivity index (χ2n) is 8.08. The SMILES string of the molecule is CC(C)N1Cc2cncn2C2(CCCN(C(=O)c3ccn[nH]3)C2)C1.O=C(O)C(F)(F)F. The van der Waals surface area contributed by atoms with Gasteiger partial charge in [0.25, 0.3) is 5.91 Å². The van der Waals surface area contributed by atoms with Crippen LogP contribution >= 0.6 is 0 Å². The number of rotatable bonds is 2. The van der Waals surface area contributed by atoms with Crippen LogP contribution in [0.25, 0.3) is 0 Å². The van der Waals surface area contributed by atoms with E-state index in [1.807, 2.05) is 17.4 Å². The topological polar surface area (TPSA) is 107 Å². The van der Waals surface area contributed by atoms with Gasteiger partial charge in [0.15, 0.2) is 0 Å². The van der Waals surface area contributed by atoms with E-state index in [-0.39, 0.29) is 11.4 Å². The Morgan fingerprint density at radius 3 is 2.58 bits per heavy atom. The molecule has 4 heterocycles. The molecule has 0 saturated carbocycles. The van der Waals surface area contributed by atoms with Crippen LogP contribution in [0, 0.1) is 0 Å². The van der Waals surface area contributed by atoms with Crippen LogP contribution in [-0.4, -0.2) is 78.4 Å². The van der Waals surface area contributed by atoms with E-state index in [0.717, 1.165) is 39.0 Å². The number of halogens is 3. The molecule has 0 aliphatic carbocycles. The Morgan fingerprint density at radius 2 is 2.00 bits per heavy atom. The molecule has 9 nitrogen and oxygen atoms in total. The number of nitrogens with zero attached hydrogens (tertiary/aromatic N) is 5. The van der Waals surface area contributed by atoms with Crippen molar-refractivity contribution in [2.24, 2.45) is 0 Å². The smallest absolute Gasteiger partial charge is 0.475 e. The Balaban J connectivity index is 0.000000339. The molecule has 2 aliphatic heterocycles. The second-order valence-corrected chi connectivity index (χ2v) is 8.08. The number of piperidine rings is 1. The van der Waals surface area contributed by atoms with Gasteiger partial charge in [0.2, 0.25) is 0 Å². The largest absolute Gasteiger partial charge is 0.490 e. The Kier molecular flexibility index (Phi) is 6.39. The van der Waals surface area contributed by atoms with E-state index >= 15 is 0 Å². The molecule has 4 rings (SSSR count). The number of hydrogen-bond donors (Lipinski definition) is 2. The summed E-state index contributed by atoms with van der Waals surface area (Å²) in [6, 6.07) is 2.22. The van der Waals surface area contributed by atoms with E-state index in [4.69, 9.17) is 9.90 Å². The summed E-state index contributed by atoms with van der Waals surface area (Å²) in [5.41, 5.74) is 1.72. The van der Waals surface area contributed by atoms with Gasteiger partial charge in [0.05, 0.1) is 17.6 Å². The molecule has 2 aromatic heterocycles. The summed E-state index contributed by atoms with van der Waals surface area (Å²) in [4.78, 5) is 30.5. The Labute approximate surface area is 176 Å². The van der Waals surface area contributed by atoms with Crippen LogP contribution in [0.2, 0.25) is 0 Å². The first-order valence-electron chi connectivity index (χ1n) is 9.88. The lowest BCUT2D eigenvalue weighted by Crippen LogP contribution is -2.60. The number of amides is 1. The van der Waals surface area contributed by atoms with Crippen LogP contribution in [0.5, 0.6) is 0 Å². The van der Waals surface area contributed by atoms with Crippen LogP contribution in [-0.2, 0) is 16.9 Å². The number of alkyl halides is 3. The number of H-pyrrole nitrogens is 1. The predicted octanol–water partition coefficient (Wildman–Crippen LogP) is 2.09. The van der Waals surface area contributed by atoms with Gasteiger partial charge in [-0.05, 0) is 32.8 Å². The summed E-state index contributed by atoms with van der Waals surface area (Å²) in [5.74, 6) is -2.72. The minimum atomic E-state index is -5.08. The van der Waals surface area contributed by atoms with Crippen LogP contribution < -0.4 is 0 Å². The van der Waals surface area contributed by atoms with Gasteiger partial charge in [-0.2, -0.15) is 18.3 Å². The Morgan fingerprint density at radius 1 is 1.29 bits per heavy atom. The van der Waals surface area contributed by atoms with Gasteiger partial charge in [-0.3, -0.25) is 14.8 Å². The number of likely N-dealkylation sites (tertiary alicyclic amines) is 1. The molecule has 1 spiro atoms. The Bertz CT molecular complexity index is 911. The fourth-order valence-electron chi connectivity index (χ4n) is 4.11. The lowest BCUT2D eigenvalue weighted by Gasteiger charge is -2.50. The van der Waals surface area contributed by atoms with Crippen molar-refractivity contribution in [1.29, 1.82) is 0 Å². The zero-order chi connectivity index (χ0) is 22.8. The number of nitrogens with one attached hydrogen (secondary N) is 1. The zero-order valence-electron chi connectivity index (χ0n) is 17.3. The van der Waals surface area contributed by atoms with E-state index in [2.05, 4.69) is 38.5 Å². The number of carbonyl (C=O) groups excluding carboxylic acids is 1. The van der Waals surface area contributed by atoms with Crippen molar-refractivity contribution in [3.05, 3.63) is 36.2 Å². The van der Waals surface area contributed by atoms with Crippen LogP contribution in [0.15, 0.2) is 24.8 Å². The third kappa shape index (κ3) is 4.89. The molecule has 0 aromatic carbocycles. The molecule has 1 fully saturated rings. The van der Waals surface area contributed by atoms with Gasteiger partial charge < -0.3 is 14.6 Å². The fraction of sp³-hybridized carbons (Fsp3) is 0.579. The number of carboxylic acid groups (broad SMARTS) is 1. The summed E-state index contributed by atoms with van der Waals surface area (Å²) >= 11 is 0. The summed E-state index contributed by atoms with van der Waals surface area (Å²) in [5, 5.41) is 13.8. The minimum absolute atomic E-state index is 0.0370. The average Bonchev–Trinajstić information content (AvgIpc) is 3.39. The molecule has 31 heavy (non-hydrogen) atoms. The molecule has 1 saturated heterocycles. The highest BCUT2D eigenvalue weighted by Gasteiger charge is 2.44. The molecule has 12 heteroatoms. The molecule has 1 unspecified atom stereocenters. The van der Waals surface area contributed by atoms with Gasteiger partial charge in [-0.15, -0.1) is 0 Å². The number of aromatic amines is 1. The minimum Gasteiger partial charge on any atom is -0.475 e. The average molecular weight is 442 g/mol. The van der Waals surface area contributed by atoms with Gasteiger partial charge in [-0.25, -0.2) is 9.78 Å². The first-order valence-corrected chi connectivity index (χ1v) is 9.88. The van der Waals surface area contributed by atoms with E-state index in [1.54, 1.807) is 12.3 Å². The normalized spacial score (nSPS) is 21.5. The monoisotopic (exact) mass is 442 g/mol. The number of carbonyl (C=O) groups is 2. The van der Waals surface area contributed by atoms with Crippen molar-refractivity contribution < 1.29 is 27.9 Å². The fourth-order valence-corrected chi connectivity index (χ4v) is 4.11. The molecular weight excluding hydrogens is 417 g/mol. The molecule has 1 atom stereocenters. The molecule has 0 bridgehead atoms. The third-order valence-electron chi connectivity index (χ3n) is 5.64. The number of aromatic nitrogens is 4. The highest BCUT2D eigenvalue weighted by molar-refractivity contribution is 5.92. The standard InChI is InChI=1S/C17H24N6O.C2HF3O2/c1-13(2)22-9-14-8-18-12-23(14)17(11-22)5-3-7-21(10-17)16(24)15-4-6-19-20-15;3-2(4,5)1(6)7/h4,6,8,12-13H,3,5,7,9-11H2,1-2H3,(H,19,20);(H,6,7). The first-order chi connectivity index (χ1) is 14.5. The van der Waals surface area contributed by atoms with Crippen molar-refractivity contribution in [2.75, 3.05) is 19.6 Å². The van der Waals surface area contributed by atoms with E-state index in [1.165, 1.54) is 5.69 Å². The molecule has 0 radical (unpaired) electrons. The van der Waals surface area contributed by atoms with Gasteiger partial charge in [0.1, 0.15) is 5.69 Å². The molecule has 2 aliphatic rings. The van der Waals surface area contributed by atoms with Gasteiger partial charge >= 0.3 is 12.1 Å². The van der Waals surface area contributed by atoms with Crippen molar-refractivity contribution >= 4 is 11.9 Å². The molecular formula is C19H25F3N6O3. The summed E-state index contributed by atoms with van der Waals surface area (Å²) in [6.07, 6.45) is 2.53. The quantitative estimate of drug-likeness (QED) is 0.738. The summed E-state index contributed by atoms with van der Waals surface area (Å²) in [7, 11) is 0. The van der Waals surface area contributed by atoms with Gasteiger partial charge in [0, 0.05) is 44.6 Å². The summed E-state index contributed by atoms with van der Waals surface area (Å²) in [6.45, 7) is 7.86. The number of aliphatic carboxylic acids is 1. The van der Waals surface area contributed by atoms with Crippen LogP contribution in [0.1, 0.15) is 42.9 Å². The lowest BCUT2D eigenvalue weighted by molar-refractivity contribution is -0.192. The summed E-state index contributed by atoms with van der Waals surface area (Å²) < 4.78 is 34.1. The number of fused-ring (bicyclic) bond motifs is 2. The Hall–Kier alpha value is -2.89.